The van der Waals surface area contributed by atoms with E-state index in [1.54, 1.807) is 11.3 Å². The Balaban J connectivity index is 2.06. The zero-order chi connectivity index (χ0) is 19.7. The third-order valence-corrected chi connectivity index (χ3v) is 5.62. The SMILES string of the molecule is CCCCn1c(O)c(C2=NN(C(C)=O)C(c3ccc(C)s3)C2)c(=O)[nH]c1=O. The average molecular weight is 390 g/mol. The van der Waals surface area contributed by atoms with Gasteiger partial charge in [-0.3, -0.25) is 19.1 Å². The van der Waals surface area contributed by atoms with Gasteiger partial charge in [0.15, 0.2) is 0 Å². The number of unbranched alkanes of at least 4 members (excludes halogenated alkanes) is 1. The van der Waals surface area contributed by atoms with E-state index < -0.39 is 17.1 Å². The van der Waals surface area contributed by atoms with E-state index in [2.05, 4.69) is 10.1 Å². The van der Waals surface area contributed by atoms with Crippen molar-refractivity contribution in [2.24, 2.45) is 5.10 Å². The number of H-pyrrole nitrogens is 1. The molecule has 2 N–H and O–H groups in total. The standard InChI is InChI=1S/C18H22N4O4S/c1-4-5-8-21-17(25)15(16(24)19-18(21)26)12-9-13(22(20-12)11(3)23)14-7-6-10(2)27-14/h6-7,13,25H,4-5,8-9H2,1-3H3,(H,19,24,26). The zero-order valence-corrected chi connectivity index (χ0v) is 16.3. The monoisotopic (exact) mass is 390 g/mol. The molecule has 2 aromatic heterocycles. The van der Waals surface area contributed by atoms with Crippen LogP contribution in [0.15, 0.2) is 26.8 Å². The quantitative estimate of drug-likeness (QED) is 0.815. The number of aromatic amines is 1. The summed E-state index contributed by atoms with van der Waals surface area (Å²) in [6, 6.07) is 3.57. The largest absolute Gasteiger partial charge is 0.494 e. The number of thiophene rings is 1. The van der Waals surface area contributed by atoms with Gasteiger partial charge in [-0.1, -0.05) is 13.3 Å². The first-order chi connectivity index (χ1) is 12.8. The molecule has 1 unspecified atom stereocenters. The van der Waals surface area contributed by atoms with E-state index in [0.29, 0.717) is 25.1 Å². The lowest BCUT2D eigenvalue weighted by Gasteiger charge is -2.18. The molecule has 0 saturated heterocycles. The minimum Gasteiger partial charge on any atom is -0.494 e. The van der Waals surface area contributed by atoms with Gasteiger partial charge in [-0.25, -0.2) is 9.80 Å². The van der Waals surface area contributed by atoms with Crippen molar-refractivity contribution in [3.63, 3.8) is 0 Å². The fourth-order valence-electron chi connectivity index (χ4n) is 3.15. The summed E-state index contributed by atoms with van der Waals surface area (Å²) in [7, 11) is 0. The molecular formula is C18H22N4O4S. The van der Waals surface area contributed by atoms with Crippen molar-refractivity contribution in [3.05, 3.63) is 48.3 Å². The van der Waals surface area contributed by atoms with Gasteiger partial charge >= 0.3 is 5.69 Å². The number of aromatic hydroxyl groups is 1. The number of rotatable bonds is 5. The summed E-state index contributed by atoms with van der Waals surface area (Å²) >= 11 is 1.56. The van der Waals surface area contributed by atoms with Gasteiger partial charge in [0, 0.05) is 29.6 Å². The number of nitrogens with one attached hydrogen (secondary N) is 1. The highest BCUT2D eigenvalue weighted by molar-refractivity contribution is 7.12. The molecule has 8 nitrogen and oxygen atoms in total. The van der Waals surface area contributed by atoms with Crippen molar-refractivity contribution < 1.29 is 9.90 Å². The van der Waals surface area contributed by atoms with E-state index in [1.165, 1.54) is 11.9 Å². The number of aryl methyl sites for hydroxylation is 1. The molecule has 1 aliphatic rings. The first-order valence-corrected chi connectivity index (χ1v) is 9.65. The summed E-state index contributed by atoms with van der Waals surface area (Å²) < 4.78 is 1.14. The van der Waals surface area contributed by atoms with E-state index in [9.17, 15) is 19.5 Å². The minimum atomic E-state index is -0.699. The molecule has 1 aliphatic heterocycles. The van der Waals surface area contributed by atoms with Crippen LogP contribution >= 0.6 is 11.3 Å². The number of hydrazone groups is 1. The molecular weight excluding hydrogens is 368 g/mol. The molecule has 0 fully saturated rings. The van der Waals surface area contributed by atoms with Crippen LogP contribution in [0.1, 0.15) is 54.5 Å². The molecule has 0 radical (unpaired) electrons. The molecule has 3 rings (SSSR count). The van der Waals surface area contributed by atoms with Gasteiger partial charge in [0.2, 0.25) is 11.8 Å². The van der Waals surface area contributed by atoms with Gasteiger partial charge in [0.1, 0.15) is 5.56 Å². The lowest BCUT2D eigenvalue weighted by atomic mass is 10.0. The van der Waals surface area contributed by atoms with Crippen LogP contribution in [0.4, 0.5) is 0 Å². The Labute approximate surface area is 159 Å². The average Bonchev–Trinajstić information content (AvgIpc) is 3.21. The predicted octanol–water partition coefficient (Wildman–Crippen LogP) is 2.11. The van der Waals surface area contributed by atoms with Gasteiger partial charge in [-0.15, -0.1) is 11.3 Å². The zero-order valence-electron chi connectivity index (χ0n) is 15.5. The molecule has 2 aromatic rings. The molecule has 9 heteroatoms. The van der Waals surface area contributed by atoms with E-state index in [1.807, 2.05) is 26.0 Å². The van der Waals surface area contributed by atoms with E-state index in [4.69, 9.17) is 0 Å². The van der Waals surface area contributed by atoms with E-state index >= 15 is 0 Å². The minimum absolute atomic E-state index is 0.0484. The van der Waals surface area contributed by atoms with Crippen molar-refractivity contribution in [1.29, 1.82) is 0 Å². The molecule has 144 valence electrons. The highest BCUT2D eigenvalue weighted by Gasteiger charge is 2.35. The molecule has 0 bridgehead atoms. The van der Waals surface area contributed by atoms with Gasteiger partial charge in [-0.2, -0.15) is 5.10 Å². The van der Waals surface area contributed by atoms with Crippen LogP contribution in [0.2, 0.25) is 0 Å². The van der Waals surface area contributed by atoms with Gasteiger partial charge in [0.05, 0.1) is 11.8 Å². The van der Waals surface area contributed by atoms with Crippen molar-refractivity contribution in [2.75, 3.05) is 0 Å². The van der Waals surface area contributed by atoms with Crippen molar-refractivity contribution in [2.45, 2.75) is 52.6 Å². The normalized spacial score (nSPS) is 16.6. The maximum atomic E-state index is 12.4. The van der Waals surface area contributed by atoms with Crippen LogP contribution in [0.25, 0.3) is 0 Å². The second-order valence-electron chi connectivity index (χ2n) is 6.54. The number of nitrogens with zero attached hydrogens (tertiary/aromatic N) is 3. The van der Waals surface area contributed by atoms with Crippen molar-refractivity contribution in [3.8, 4) is 5.88 Å². The molecule has 1 amide bonds. The first-order valence-electron chi connectivity index (χ1n) is 8.83. The second-order valence-corrected chi connectivity index (χ2v) is 7.86. The third kappa shape index (κ3) is 3.59. The van der Waals surface area contributed by atoms with Crippen LogP contribution in [-0.4, -0.2) is 31.3 Å². The second kappa shape index (κ2) is 7.51. The van der Waals surface area contributed by atoms with Crippen LogP contribution in [0, 0.1) is 6.92 Å². The van der Waals surface area contributed by atoms with E-state index in [-0.39, 0.29) is 17.5 Å². The molecule has 0 saturated carbocycles. The number of aromatic nitrogens is 2. The molecule has 0 aromatic carbocycles. The Bertz CT molecular complexity index is 1020. The topological polar surface area (TPSA) is 108 Å². The van der Waals surface area contributed by atoms with Crippen molar-refractivity contribution >= 4 is 23.0 Å². The molecule has 27 heavy (non-hydrogen) atoms. The van der Waals surface area contributed by atoms with Crippen LogP contribution < -0.4 is 11.2 Å². The summed E-state index contributed by atoms with van der Waals surface area (Å²) in [5.74, 6) is -0.654. The van der Waals surface area contributed by atoms with Gasteiger partial charge < -0.3 is 5.11 Å². The molecule has 0 aliphatic carbocycles. The molecule has 0 spiro atoms. The van der Waals surface area contributed by atoms with Crippen molar-refractivity contribution in [1.82, 2.24) is 14.6 Å². The summed E-state index contributed by atoms with van der Waals surface area (Å²) in [5.41, 5.74) is -1.10. The maximum absolute atomic E-state index is 12.4. The Morgan fingerprint density at radius 2 is 2.15 bits per heavy atom. The van der Waals surface area contributed by atoms with Gasteiger partial charge in [0.25, 0.3) is 5.56 Å². The maximum Gasteiger partial charge on any atom is 0.331 e. The number of hydrogen-bond acceptors (Lipinski definition) is 6. The Morgan fingerprint density at radius 3 is 2.74 bits per heavy atom. The number of carbonyl (C=O) groups is 1. The lowest BCUT2D eigenvalue weighted by Crippen LogP contribution is -2.33. The third-order valence-electron chi connectivity index (χ3n) is 4.52. The summed E-state index contributed by atoms with van der Waals surface area (Å²) in [5, 5.41) is 16.2. The van der Waals surface area contributed by atoms with Crippen LogP contribution in [0.3, 0.4) is 0 Å². The van der Waals surface area contributed by atoms with E-state index in [0.717, 1.165) is 20.7 Å². The highest BCUT2D eigenvalue weighted by atomic mass is 32.1. The highest BCUT2D eigenvalue weighted by Crippen LogP contribution is 2.36. The fourth-order valence-corrected chi connectivity index (χ4v) is 4.11. The molecule has 1 atom stereocenters. The lowest BCUT2D eigenvalue weighted by molar-refractivity contribution is -0.130. The number of amides is 1. The first kappa shape index (κ1) is 19.1. The van der Waals surface area contributed by atoms with Gasteiger partial charge in [-0.05, 0) is 25.5 Å². The molecule has 3 heterocycles. The van der Waals surface area contributed by atoms with Crippen LogP contribution in [0.5, 0.6) is 5.88 Å². The summed E-state index contributed by atoms with van der Waals surface area (Å²) in [6.45, 7) is 5.64. The summed E-state index contributed by atoms with van der Waals surface area (Å²) in [6.07, 6.45) is 1.81. The number of carbonyl (C=O) groups excluding carboxylic acids is 1. The van der Waals surface area contributed by atoms with Crippen LogP contribution in [-0.2, 0) is 11.3 Å². The Kier molecular flexibility index (Phi) is 5.31. The number of hydrogen-bond donors (Lipinski definition) is 2. The Morgan fingerprint density at radius 1 is 1.41 bits per heavy atom. The predicted molar refractivity (Wildman–Crippen MR) is 103 cm³/mol. The Hall–Kier alpha value is -2.68. The summed E-state index contributed by atoms with van der Waals surface area (Å²) in [4.78, 5) is 40.8. The fraction of sp³-hybridized carbons (Fsp3) is 0.444. The smallest absolute Gasteiger partial charge is 0.331 e.